The molecule has 8 heteroatoms. The van der Waals surface area contributed by atoms with Gasteiger partial charge in [0, 0.05) is 0 Å². The minimum atomic E-state index is -1.11. The molecule has 1 heterocycles. The topological polar surface area (TPSA) is 101 Å². The molecule has 0 aromatic carbocycles. The molecule has 1 aromatic heterocycles. The molecule has 7 nitrogen and oxygen atoms in total. The molecule has 0 saturated heterocycles. The number of nitrogens with zero attached hydrogens (tertiary/aromatic N) is 3. The van der Waals surface area contributed by atoms with Crippen molar-refractivity contribution in [1.29, 1.82) is 0 Å². The Labute approximate surface area is 109 Å². The number of hydrogen-bond donors (Lipinski definition) is 2. The molecular weight excluding hydrogens is 260 g/mol. The van der Waals surface area contributed by atoms with Gasteiger partial charge >= 0.3 is 5.69 Å². The van der Waals surface area contributed by atoms with Crippen molar-refractivity contribution in [3.63, 3.8) is 0 Å². The number of aliphatic hydroxyl groups is 1. The lowest BCUT2D eigenvalue weighted by atomic mass is 9.86. The highest BCUT2D eigenvalue weighted by atomic mass is 35.5. The third-order valence-electron chi connectivity index (χ3n) is 2.90. The summed E-state index contributed by atoms with van der Waals surface area (Å²) in [6, 6.07) is 0. The van der Waals surface area contributed by atoms with Gasteiger partial charge in [0.2, 0.25) is 11.1 Å². The molecule has 0 spiro atoms. The summed E-state index contributed by atoms with van der Waals surface area (Å²) < 4.78 is 0. The van der Waals surface area contributed by atoms with Crippen molar-refractivity contribution in [2.24, 2.45) is 0 Å². The minimum Gasteiger partial charge on any atom is -0.388 e. The van der Waals surface area contributed by atoms with E-state index in [4.69, 9.17) is 11.6 Å². The van der Waals surface area contributed by atoms with Gasteiger partial charge in [-0.25, -0.2) is 4.98 Å². The quantitative estimate of drug-likeness (QED) is 0.495. The van der Waals surface area contributed by atoms with Crippen LogP contribution in [0.5, 0.6) is 0 Å². The van der Waals surface area contributed by atoms with E-state index in [1.807, 2.05) is 0 Å². The Balaban J connectivity index is 3.18. The van der Waals surface area contributed by atoms with Crippen LogP contribution in [0.1, 0.15) is 27.7 Å². The van der Waals surface area contributed by atoms with Crippen LogP contribution in [0.25, 0.3) is 0 Å². The summed E-state index contributed by atoms with van der Waals surface area (Å²) in [5, 5.41) is 23.6. The molecule has 0 aliphatic carbocycles. The predicted molar refractivity (Wildman–Crippen MR) is 67.7 cm³/mol. The number of aromatic nitrogens is 2. The van der Waals surface area contributed by atoms with Crippen molar-refractivity contribution in [2.75, 3.05) is 5.32 Å². The van der Waals surface area contributed by atoms with Gasteiger partial charge < -0.3 is 10.4 Å². The Morgan fingerprint density at radius 1 is 1.44 bits per heavy atom. The molecule has 0 aliphatic rings. The van der Waals surface area contributed by atoms with E-state index in [0.717, 1.165) is 6.20 Å². The lowest BCUT2D eigenvalue weighted by Crippen LogP contribution is -2.51. The fraction of sp³-hybridized carbons (Fsp3) is 0.600. The zero-order valence-electron chi connectivity index (χ0n) is 10.6. The van der Waals surface area contributed by atoms with Crippen molar-refractivity contribution < 1.29 is 10.0 Å². The van der Waals surface area contributed by atoms with Crippen LogP contribution in [0.2, 0.25) is 5.28 Å². The number of hydrogen-bond acceptors (Lipinski definition) is 6. The second-order valence-electron chi connectivity index (χ2n) is 4.94. The number of rotatable bonds is 4. The number of halogens is 1. The van der Waals surface area contributed by atoms with Crippen LogP contribution in [0, 0.1) is 10.1 Å². The summed E-state index contributed by atoms with van der Waals surface area (Å²) in [5.41, 5.74) is -2.25. The molecule has 0 bridgehead atoms. The highest BCUT2D eigenvalue weighted by Gasteiger charge is 2.37. The molecule has 0 saturated carbocycles. The number of anilines is 1. The first-order chi connectivity index (χ1) is 8.04. The van der Waals surface area contributed by atoms with E-state index < -0.39 is 16.1 Å². The molecule has 1 aromatic rings. The van der Waals surface area contributed by atoms with Crippen molar-refractivity contribution in [3.05, 3.63) is 21.6 Å². The van der Waals surface area contributed by atoms with E-state index in [0.29, 0.717) is 0 Å². The Morgan fingerprint density at radius 3 is 2.44 bits per heavy atom. The Hall–Kier alpha value is -1.47. The average molecular weight is 275 g/mol. The number of nitro groups is 1. The molecule has 2 N–H and O–H groups in total. The molecule has 0 amide bonds. The van der Waals surface area contributed by atoms with Crippen LogP contribution in [-0.2, 0) is 0 Å². The van der Waals surface area contributed by atoms with Gasteiger partial charge in [0.25, 0.3) is 0 Å². The highest BCUT2D eigenvalue weighted by Crippen LogP contribution is 2.30. The van der Waals surface area contributed by atoms with Gasteiger partial charge in [0.15, 0.2) is 0 Å². The summed E-state index contributed by atoms with van der Waals surface area (Å²) in [7, 11) is 0. The van der Waals surface area contributed by atoms with Crippen LogP contribution in [0.3, 0.4) is 0 Å². The van der Waals surface area contributed by atoms with Crippen LogP contribution in [0.15, 0.2) is 6.20 Å². The summed E-state index contributed by atoms with van der Waals surface area (Å²) in [4.78, 5) is 17.6. The molecular formula is C10H15ClN4O3. The molecule has 0 atom stereocenters. The smallest absolute Gasteiger partial charge is 0.329 e. The lowest BCUT2D eigenvalue weighted by molar-refractivity contribution is -0.384. The first-order valence-electron chi connectivity index (χ1n) is 5.22. The highest BCUT2D eigenvalue weighted by molar-refractivity contribution is 6.28. The van der Waals surface area contributed by atoms with Crippen LogP contribution in [0.4, 0.5) is 11.5 Å². The molecule has 1 rings (SSSR count). The third-order valence-corrected chi connectivity index (χ3v) is 3.08. The van der Waals surface area contributed by atoms with E-state index in [-0.39, 0.29) is 16.8 Å². The SMILES string of the molecule is CC(C)(O)C(C)(C)Nc1nc(Cl)ncc1[N+](=O)[O-]. The molecule has 0 radical (unpaired) electrons. The number of nitrogens with one attached hydrogen (secondary N) is 1. The second kappa shape index (κ2) is 4.66. The van der Waals surface area contributed by atoms with E-state index >= 15 is 0 Å². The normalized spacial score (nSPS) is 12.3. The molecule has 0 aliphatic heterocycles. The first-order valence-corrected chi connectivity index (χ1v) is 5.60. The molecule has 100 valence electrons. The minimum absolute atomic E-state index is 0.0212. The van der Waals surface area contributed by atoms with Gasteiger partial charge in [-0.05, 0) is 39.3 Å². The Bertz CT molecular complexity index is 471. The van der Waals surface area contributed by atoms with Crippen molar-refractivity contribution in [3.8, 4) is 0 Å². The Morgan fingerprint density at radius 2 is 2.00 bits per heavy atom. The van der Waals surface area contributed by atoms with Gasteiger partial charge in [-0.2, -0.15) is 4.98 Å². The fourth-order valence-electron chi connectivity index (χ4n) is 1.03. The van der Waals surface area contributed by atoms with Crippen LogP contribution < -0.4 is 5.32 Å². The Kier molecular flexibility index (Phi) is 3.78. The average Bonchev–Trinajstić information content (AvgIpc) is 2.14. The second-order valence-corrected chi connectivity index (χ2v) is 5.28. The maximum Gasteiger partial charge on any atom is 0.329 e. The first kappa shape index (κ1) is 14.6. The van der Waals surface area contributed by atoms with Gasteiger partial charge in [0.05, 0.1) is 16.1 Å². The lowest BCUT2D eigenvalue weighted by Gasteiger charge is -2.38. The summed E-state index contributed by atoms with van der Waals surface area (Å²) >= 11 is 5.62. The standard InChI is InChI=1S/C10H15ClN4O3/c1-9(2,10(3,4)16)14-7-6(15(17)18)5-12-8(11)13-7/h5,16H,1-4H3,(H,12,13,14). The van der Waals surface area contributed by atoms with Gasteiger partial charge in [-0.1, -0.05) is 0 Å². The predicted octanol–water partition coefficient (Wildman–Crippen LogP) is 2.00. The van der Waals surface area contributed by atoms with Crippen LogP contribution in [-0.4, -0.2) is 31.1 Å². The van der Waals surface area contributed by atoms with E-state index in [2.05, 4.69) is 15.3 Å². The van der Waals surface area contributed by atoms with Crippen molar-refractivity contribution in [2.45, 2.75) is 38.8 Å². The van der Waals surface area contributed by atoms with Crippen LogP contribution >= 0.6 is 11.6 Å². The van der Waals surface area contributed by atoms with E-state index in [1.165, 1.54) is 0 Å². The third kappa shape index (κ3) is 3.05. The zero-order chi connectivity index (χ0) is 14.1. The van der Waals surface area contributed by atoms with E-state index in [9.17, 15) is 15.2 Å². The largest absolute Gasteiger partial charge is 0.388 e. The zero-order valence-corrected chi connectivity index (χ0v) is 11.3. The molecule has 18 heavy (non-hydrogen) atoms. The van der Waals surface area contributed by atoms with Gasteiger partial charge in [-0.3, -0.25) is 10.1 Å². The maximum absolute atomic E-state index is 10.8. The van der Waals surface area contributed by atoms with Gasteiger partial charge in [0.1, 0.15) is 6.20 Å². The summed E-state index contributed by atoms with van der Waals surface area (Å²) in [6.07, 6.45) is 1.03. The maximum atomic E-state index is 10.8. The van der Waals surface area contributed by atoms with Gasteiger partial charge in [-0.15, -0.1) is 0 Å². The van der Waals surface area contributed by atoms with Crippen molar-refractivity contribution >= 4 is 23.1 Å². The molecule has 0 unspecified atom stereocenters. The summed E-state index contributed by atoms with van der Waals surface area (Å²) in [6.45, 7) is 6.59. The fourth-order valence-corrected chi connectivity index (χ4v) is 1.16. The summed E-state index contributed by atoms with van der Waals surface area (Å²) in [5.74, 6) is -0.0212. The molecule has 0 fully saturated rings. The van der Waals surface area contributed by atoms with E-state index in [1.54, 1.807) is 27.7 Å². The van der Waals surface area contributed by atoms with Crippen molar-refractivity contribution in [1.82, 2.24) is 9.97 Å². The monoisotopic (exact) mass is 274 g/mol.